The third-order valence-electron chi connectivity index (χ3n) is 6.04. The minimum absolute atomic E-state index is 0.197. The van der Waals surface area contributed by atoms with Crippen molar-refractivity contribution in [2.75, 3.05) is 20.3 Å². The third-order valence-corrected chi connectivity index (χ3v) is 7.95. The molecule has 0 aromatic heterocycles. The number of fused-ring (bicyclic) bond motifs is 1. The molecular weight excluding hydrogens is 462 g/mol. The van der Waals surface area contributed by atoms with Crippen molar-refractivity contribution in [3.63, 3.8) is 0 Å². The number of ether oxygens (including phenoxy) is 3. The van der Waals surface area contributed by atoms with Crippen molar-refractivity contribution in [3.05, 3.63) is 83.4 Å². The van der Waals surface area contributed by atoms with Crippen molar-refractivity contribution in [2.24, 2.45) is 5.92 Å². The van der Waals surface area contributed by atoms with E-state index in [1.165, 1.54) is 0 Å². The summed E-state index contributed by atoms with van der Waals surface area (Å²) in [5.41, 5.74) is 2.80. The van der Waals surface area contributed by atoms with Crippen LogP contribution in [0.5, 0.6) is 17.2 Å². The zero-order valence-corrected chi connectivity index (χ0v) is 21.5. The molecule has 4 rings (SSSR count). The van der Waals surface area contributed by atoms with Crippen LogP contribution in [0.1, 0.15) is 30.5 Å². The van der Waals surface area contributed by atoms with Crippen LogP contribution in [0.4, 0.5) is 0 Å². The number of aryl methyl sites for hydroxylation is 1. The van der Waals surface area contributed by atoms with E-state index in [1.54, 1.807) is 23.5 Å². The number of hydrogen-bond donors (Lipinski definition) is 0. The van der Waals surface area contributed by atoms with Crippen LogP contribution in [0, 0.1) is 12.8 Å². The second-order valence-corrected chi connectivity index (χ2v) is 11.2. The fourth-order valence-electron chi connectivity index (χ4n) is 4.06. The second kappa shape index (κ2) is 10.7. The summed E-state index contributed by atoms with van der Waals surface area (Å²) in [5, 5.41) is 0. The van der Waals surface area contributed by atoms with Gasteiger partial charge in [-0.15, -0.1) is 0 Å². The summed E-state index contributed by atoms with van der Waals surface area (Å²) in [7, 11) is -2.18. The van der Waals surface area contributed by atoms with Crippen molar-refractivity contribution >= 4 is 10.0 Å². The molecule has 1 heterocycles. The number of nitrogens with zero attached hydrogens (tertiary/aromatic N) is 1. The Morgan fingerprint density at radius 2 is 1.69 bits per heavy atom. The monoisotopic (exact) mass is 495 g/mol. The molecule has 35 heavy (non-hydrogen) atoms. The summed E-state index contributed by atoms with van der Waals surface area (Å²) in [6.07, 6.45) is 0.515. The molecule has 1 atom stereocenters. The van der Waals surface area contributed by atoms with Crippen molar-refractivity contribution in [3.8, 4) is 17.2 Å². The van der Waals surface area contributed by atoms with E-state index in [0.29, 0.717) is 30.4 Å². The van der Waals surface area contributed by atoms with E-state index < -0.39 is 10.0 Å². The molecular formula is C28H33NO5S. The van der Waals surface area contributed by atoms with Crippen LogP contribution in [0.2, 0.25) is 0 Å². The molecule has 0 saturated carbocycles. The van der Waals surface area contributed by atoms with E-state index in [-0.39, 0.29) is 24.1 Å². The maximum absolute atomic E-state index is 13.8. The lowest BCUT2D eigenvalue weighted by Gasteiger charge is -2.28. The molecule has 0 bridgehead atoms. The van der Waals surface area contributed by atoms with Crippen LogP contribution in [0.25, 0.3) is 0 Å². The standard InChI is InChI=1S/C28H33NO5S/c1-20(2)18-33-25-9-7-22(8-10-25)15-24-19-34-28-14-11-26(32-4)16-23(28)17-29(24)35(30,31)27-12-5-21(3)6-13-27/h5-14,16,20,24H,15,17-19H2,1-4H3/t24-/m0/s1. The summed E-state index contributed by atoms with van der Waals surface area (Å²) in [5.74, 6) is 2.59. The van der Waals surface area contributed by atoms with Crippen LogP contribution >= 0.6 is 0 Å². The van der Waals surface area contributed by atoms with Gasteiger partial charge in [0.15, 0.2) is 0 Å². The topological polar surface area (TPSA) is 65.1 Å². The van der Waals surface area contributed by atoms with E-state index in [2.05, 4.69) is 13.8 Å². The minimum atomic E-state index is -3.77. The Morgan fingerprint density at radius 3 is 2.34 bits per heavy atom. The molecule has 186 valence electrons. The van der Waals surface area contributed by atoms with Crippen LogP contribution in [0.3, 0.4) is 0 Å². The number of benzene rings is 3. The van der Waals surface area contributed by atoms with Gasteiger partial charge in [-0.1, -0.05) is 43.7 Å². The molecule has 3 aromatic carbocycles. The number of hydrogen-bond acceptors (Lipinski definition) is 5. The summed E-state index contributed by atoms with van der Waals surface area (Å²) in [6.45, 7) is 7.25. The minimum Gasteiger partial charge on any atom is -0.497 e. The number of sulfonamides is 1. The lowest BCUT2D eigenvalue weighted by molar-refractivity contribution is 0.219. The molecule has 0 radical (unpaired) electrons. The van der Waals surface area contributed by atoms with Crippen molar-refractivity contribution in [1.82, 2.24) is 4.31 Å². The number of methoxy groups -OCH3 is 1. The average Bonchev–Trinajstić information content (AvgIpc) is 3.03. The smallest absolute Gasteiger partial charge is 0.243 e. The van der Waals surface area contributed by atoms with Crippen LogP contribution in [-0.2, 0) is 23.0 Å². The Kier molecular flexibility index (Phi) is 7.67. The highest BCUT2D eigenvalue weighted by molar-refractivity contribution is 7.89. The van der Waals surface area contributed by atoms with Crippen molar-refractivity contribution in [1.29, 1.82) is 0 Å². The van der Waals surface area contributed by atoms with Gasteiger partial charge in [-0.25, -0.2) is 8.42 Å². The molecule has 0 saturated heterocycles. The summed E-state index contributed by atoms with van der Waals surface area (Å²) in [4.78, 5) is 0.275. The first kappa shape index (κ1) is 25.1. The highest BCUT2D eigenvalue weighted by atomic mass is 32.2. The first-order valence-electron chi connectivity index (χ1n) is 11.9. The Bertz CT molecular complexity index is 1240. The van der Waals surface area contributed by atoms with Crippen LogP contribution in [-0.4, -0.2) is 39.1 Å². The van der Waals surface area contributed by atoms with Gasteiger partial charge in [-0.3, -0.25) is 0 Å². The van der Waals surface area contributed by atoms with Gasteiger partial charge in [-0.2, -0.15) is 4.31 Å². The predicted molar refractivity (Wildman–Crippen MR) is 137 cm³/mol. The normalized spacial score (nSPS) is 16.3. The fraction of sp³-hybridized carbons (Fsp3) is 0.357. The quantitative estimate of drug-likeness (QED) is 0.428. The molecule has 0 spiro atoms. The zero-order valence-electron chi connectivity index (χ0n) is 20.7. The first-order chi connectivity index (χ1) is 16.8. The summed E-state index contributed by atoms with van der Waals surface area (Å²) < 4.78 is 46.5. The van der Waals surface area contributed by atoms with Gasteiger partial charge in [0.1, 0.15) is 23.9 Å². The zero-order chi connectivity index (χ0) is 25.0. The average molecular weight is 496 g/mol. The van der Waals surface area contributed by atoms with E-state index in [1.807, 2.05) is 61.5 Å². The van der Waals surface area contributed by atoms with E-state index >= 15 is 0 Å². The molecule has 0 unspecified atom stereocenters. The van der Waals surface area contributed by atoms with Gasteiger partial charge in [-0.05, 0) is 67.3 Å². The molecule has 0 aliphatic carbocycles. The molecule has 3 aromatic rings. The maximum atomic E-state index is 13.8. The van der Waals surface area contributed by atoms with Gasteiger partial charge in [0.05, 0.1) is 24.7 Å². The highest BCUT2D eigenvalue weighted by Crippen LogP contribution is 2.33. The predicted octanol–water partition coefficient (Wildman–Crippen LogP) is 5.23. The van der Waals surface area contributed by atoms with E-state index in [0.717, 1.165) is 22.4 Å². The van der Waals surface area contributed by atoms with Gasteiger partial charge < -0.3 is 14.2 Å². The molecule has 0 N–H and O–H groups in total. The summed E-state index contributed by atoms with van der Waals surface area (Å²) in [6, 6.07) is 20.0. The first-order valence-corrected chi connectivity index (χ1v) is 13.3. The fourth-order valence-corrected chi connectivity index (χ4v) is 5.65. The van der Waals surface area contributed by atoms with E-state index in [4.69, 9.17) is 14.2 Å². The van der Waals surface area contributed by atoms with Crippen molar-refractivity contribution in [2.45, 2.75) is 44.7 Å². The Labute approximate surface area is 208 Å². The Morgan fingerprint density at radius 1 is 1.00 bits per heavy atom. The highest BCUT2D eigenvalue weighted by Gasteiger charge is 2.35. The molecule has 7 heteroatoms. The summed E-state index contributed by atoms with van der Waals surface area (Å²) >= 11 is 0. The molecule has 6 nitrogen and oxygen atoms in total. The lowest BCUT2D eigenvalue weighted by Crippen LogP contribution is -2.43. The van der Waals surface area contributed by atoms with Crippen molar-refractivity contribution < 1.29 is 22.6 Å². The SMILES string of the molecule is COc1ccc2c(c1)CN(S(=O)(=O)c1ccc(C)cc1)[C@@H](Cc1ccc(OCC(C)C)cc1)CO2. The lowest BCUT2D eigenvalue weighted by atomic mass is 10.1. The third kappa shape index (κ3) is 5.97. The molecule has 1 aliphatic rings. The molecule has 0 fully saturated rings. The molecule has 0 amide bonds. The van der Waals surface area contributed by atoms with Crippen LogP contribution in [0.15, 0.2) is 71.6 Å². The number of rotatable bonds is 8. The Balaban J connectivity index is 1.65. The molecule has 1 aliphatic heterocycles. The van der Waals surface area contributed by atoms with E-state index in [9.17, 15) is 8.42 Å². The van der Waals surface area contributed by atoms with Gasteiger partial charge in [0, 0.05) is 12.1 Å². The van der Waals surface area contributed by atoms with Crippen LogP contribution < -0.4 is 14.2 Å². The largest absolute Gasteiger partial charge is 0.497 e. The Hall–Kier alpha value is -3.03. The second-order valence-electron chi connectivity index (χ2n) is 9.35. The van der Waals surface area contributed by atoms with Gasteiger partial charge >= 0.3 is 0 Å². The van der Waals surface area contributed by atoms with Gasteiger partial charge in [0.25, 0.3) is 0 Å². The maximum Gasteiger partial charge on any atom is 0.243 e. The van der Waals surface area contributed by atoms with Gasteiger partial charge in [0.2, 0.25) is 10.0 Å².